The maximum Gasteiger partial charge on any atom is 0.143 e. The predicted octanol–water partition coefficient (Wildman–Crippen LogP) is 13.7. The highest BCUT2D eigenvalue weighted by atomic mass is 16.3. The summed E-state index contributed by atoms with van der Waals surface area (Å²) in [5, 5.41) is 2.22. The van der Waals surface area contributed by atoms with Gasteiger partial charge in [0.1, 0.15) is 11.2 Å². The quantitative estimate of drug-likeness (QED) is 0.173. The normalized spacial score (nSPS) is 11.2. The third-order valence-corrected chi connectivity index (χ3v) is 9.51. The van der Waals surface area contributed by atoms with E-state index in [0.717, 1.165) is 61.3 Å². The van der Waals surface area contributed by atoms with E-state index in [1.807, 2.05) is 6.07 Å². The van der Waals surface area contributed by atoms with Crippen LogP contribution in [-0.4, -0.2) is 0 Å². The fourth-order valence-corrected chi connectivity index (χ4v) is 7.07. The summed E-state index contributed by atoms with van der Waals surface area (Å²) in [6, 6.07) is 70.9. The molecule has 0 aliphatic carbocycles. The molecule has 1 aromatic heterocycles. The molecule has 0 amide bonds. The molecule has 0 saturated heterocycles. The average Bonchev–Trinajstić information content (AvgIpc) is 3.59. The van der Waals surface area contributed by atoms with E-state index in [1.54, 1.807) is 0 Å². The van der Waals surface area contributed by atoms with Crippen molar-refractivity contribution in [2.75, 3.05) is 4.90 Å². The number of fused-ring (bicyclic) bond motifs is 3. The number of benzene rings is 8. The molecule has 0 bridgehead atoms. The van der Waals surface area contributed by atoms with Crippen LogP contribution in [-0.2, 0) is 0 Å². The third-order valence-electron chi connectivity index (χ3n) is 9.51. The van der Waals surface area contributed by atoms with Crippen LogP contribution >= 0.6 is 0 Å². The van der Waals surface area contributed by atoms with Crippen molar-refractivity contribution >= 4 is 39.0 Å². The van der Waals surface area contributed by atoms with Gasteiger partial charge < -0.3 is 9.32 Å². The Bertz CT molecular complexity index is 2470. The van der Waals surface area contributed by atoms with Gasteiger partial charge in [-0.3, -0.25) is 0 Å². The van der Waals surface area contributed by atoms with Crippen molar-refractivity contribution in [2.45, 2.75) is 0 Å². The molecule has 8 aromatic carbocycles. The van der Waals surface area contributed by atoms with E-state index in [9.17, 15) is 0 Å². The zero-order chi connectivity index (χ0) is 33.3. The second-order valence-electron chi connectivity index (χ2n) is 12.5. The minimum atomic E-state index is 0.886. The first-order valence-electron chi connectivity index (χ1n) is 17.0. The second kappa shape index (κ2) is 12.8. The lowest BCUT2D eigenvalue weighted by Gasteiger charge is -2.28. The van der Waals surface area contributed by atoms with Crippen LogP contribution in [0.1, 0.15) is 0 Å². The fraction of sp³-hybridized carbons (Fsp3) is 0. The third kappa shape index (κ3) is 5.34. The summed E-state index contributed by atoms with van der Waals surface area (Å²) in [5.74, 6) is 0. The van der Waals surface area contributed by atoms with Gasteiger partial charge in [-0.05, 0) is 58.1 Å². The topological polar surface area (TPSA) is 16.4 Å². The maximum atomic E-state index is 6.88. The molecule has 1 heterocycles. The van der Waals surface area contributed by atoms with E-state index in [0.29, 0.717) is 0 Å². The fourth-order valence-electron chi connectivity index (χ4n) is 7.07. The van der Waals surface area contributed by atoms with Crippen molar-refractivity contribution in [1.82, 2.24) is 0 Å². The van der Waals surface area contributed by atoms with Gasteiger partial charge in [-0.25, -0.2) is 0 Å². The molecule has 0 fully saturated rings. The number of rotatable bonds is 7. The van der Waals surface area contributed by atoms with Crippen LogP contribution in [0.25, 0.3) is 66.4 Å². The van der Waals surface area contributed by atoms with Gasteiger partial charge in [-0.1, -0.05) is 170 Å². The first-order chi connectivity index (χ1) is 24.8. The molecule has 0 aliphatic heterocycles. The lowest BCUT2D eigenvalue weighted by molar-refractivity contribution is 0.671. The molecule has 0 radical (unpaired) electrons. The van der Waals surface area contributed by atoms with Crippen molar-refractivity contribution in [2.24, 2.45) is 0 Å². The van der Waals surface area contributed by atoms with Gasteiger partial charge in [0.05, 0.1) is 5.69 Å². The van der Waals surface area contributed by atoms with Gasteiger partial charge in [0.25, 0.3) is 0 Å². The summed E-state index contributed by atoms with van der Waals surface area (Å²) in [5.41, 5.74) is 14.2. The summed E-state index contributed by atoms with van der Waals surface area (Å²) in [4.78, 5) is 2.36. The Balaban J connectivity index is 1.22. The Morgan fingerprint density at radius 2 is 0.680 bits per heavy atom. The maximum absolute atomic E-state index is 6.88. The van der Waals surface area contributed by atoms with Crippen LogP contribution in [0.4, 0.5) is 17.1 Å². The minimum Gasteiger partial charge on any atom is -0.455 e. The Morgan fingerprint density at radius 3 is 1.22 bits per heavy atom. The van der Waals surface area contributed by atoms with E-state index >= 15 is 0 Å². The highest BCUT2D eigenvalue weighted by Crippen LogP contribution is 2.45. The molecule has 50 heavy (non-hydrogen) atoms. The zero-order valence-corrected chi connectivity index (χ0v) is 27.4. The molecule has 0 N–H and O–H groups in total. The van der Waals surface area contributed by atoms with Crippen molar-refractivity contribution in [3.8, 4) is 44.5 Å². The Labute approximate surface area is 292 Å². The number of hydrogen-bond acceptors (Lipinski definition) is 2. The first-order valence-corrected chi connectivity index (χ1v) is 17.0. The van der Waals surface area contributed by atoms with Crippen molar-refractivity contribution in [3.05, 3.63) is 200 Å². The molecule has 0 saturated carbocycles. The van der Waals surface area contributed by atoms with E-state index in [-0.39, 0.29) is 0 Å². The van der Waals surface area contributed by atoms with Crippen molar-refractivity contribution in [3.63, 3.8) is 0 Å². The van der Waals surface area contributed by atoms with E-state index in [1.165, 1.54) is 22.3 Å². The van der Waals surface area contributed by atoms with Crippen LogP contribution in [0.5, 0.6) is 0 Å². The smallest absolute Gasteiger partial charge is 0.143 e. The highest BCUT2D eigenvalue weighted by molar-refractivity contribution is 6.13. The van der Waals surface area contributed by atoms with Crippen LogP contribution in [0.15, 0.2) is 205 Å². The average molecular weight is 640 g/mol. The SMILES string of the molecule is c1ccc(-c2ccc(N(c3ccc(-c4ccccc4)cc3)c3ccccc3-c3cccc4c3oc3c(-c5ccccc5)cccc34)cc2)cc1. The number of hydrogen-bond donors (Lipinski definition) is 0. The van der Waals surface area contributed by atoms with Gasteiger partial charge in [0.15, 0.2) is 0 Å². The van der Waals surface area contributed by atoms with E-state index in [4.69, 9.17) is 4.42 Å². The monoisotopic (exact) mass is 639 g/mol. The van der Waals surface area contributed by atoms with Crippen LogP contribution < -0.4 is 4.90 Å². The first kappa shape index (κ1) is 29.5. The lowest BCUT2D eigenvalue weighted by Crippen LogP contribution is -2.11. The summed E-state index contributed by atoms with van der Waals surface area (Å²) in [6.45, 7) is 0. The van der Waals surface area contributed by atoms with Gasteiger partial charge >= 0.3 is 0 Å². The largest absolute Gasteiger partial charge is 0.455 e. The molecule has 236 valence electrons. The summed E-state index contributed by atoms with van der Waals surface area (Å²) in [6.07, 6.45) is 0. The molecule has 2 heteroatoms. The number of anilines is 3. The predicted molar refractivity (Wildman–Crippen MR) is 210 cm³/mol. The number of furan rings is 1. The van der Waals surface area contributed by atoms with E-state index < -0.39 is 0 Å². The van der Waals surface area contributed by atoms with Crippen LogP contribution in [0, 0.1) is 0 Å². The van der Waals surface area contributed by atoms with Gasteiger partial charge in [-0.15, -0.1) is 0 Å². The summed E-state index contributed by atoms with van der Waals surface area (Å²) >= 11 is 0. The molecule has 9 rings (SSSR count). The van der Waals surface area contributed by atoms with Crippen molar-refractivity contribution < 1.29 is 4.42 Å². The highest BCUT2D eigenvalue weighted by Gasteiger charge is 2.21. The minimum absolute atomic E-state index is 0.886. The van der Waals surface area contributed by atoms with E-state index in [2.05, 4.69) is 199 Å². The second-order valence-corrected chi connectivity index (χ2v) is 12.5. The van der Waals surface area contributed by atoms with Crippen LogP contribution in [0.3, 0.4) is 0 Å². The standard InChI is InChI=1S/C48H33NO/c1-4-14-34(15-5-1)36-26-30-39(31-27-36)49(40-32-28-37(29-33-40)35-16-6-2-7-17-35)46-25-11-10-20-42(46)43-22-13-24-45-44-23-12-21-41(47(44)50-48(43)45)38-18-8-3-9-19-38/h1-33H. The molecule has 2 nitrogen and oxygen atoms in total. The molecular weight excluding hydrogens is 607 g/mol. The molecule has 0 spiro atoms. The Hall–Kier alpha value is -6.64. The van der Waals surface area contributed by atoms with Gasteiger partial charge in [0.2, 0.25) is 0 Å². The molecule has 0 aliphatic rings. The Kier molecular flexibility index (Phi) is 7.53. The summed E-state index contributed by atoms with van der Waals surface area (Å²) in [7, 11) is 0. The number of para-hydroxylation sites is 3. The lowest BCUT2D eigenvalue weighted by atomic mass is 9.98. The molecule has 9 aromatic rings. The van der Waals surface area contributed by atoms with Crippen LogP contribution in [0.2, 0.25) is 0 Å². The van der Waals surface area contributed by atoms with Crippen molar-refractivity contribution in [1.29, 1.82) is 0 Å². The Morgan fingerprint density at radius 1 is 0.280 bits per heavy atom. The molecule has 0 atom stereocenters. The summed E-state index contributed by atoms with van der Waals surface area (Å²) < 4.78 is 6.88. The van der Waals surface area contributed by atoms with Gasteiger partial charge in [-0.2, -0.15) is 0 Å². The number of nitrogens with zero attached hydrogens (tertiary/aromatic N) is 1. The molecular formula is C48H33NO. The zero-order valence-electron chi connectivity index (χ0n) is 27.4. The van der Waals surface area contributed by atoms with Gasteiger partial charge in [0, 0.05) is 38.8 Å². The molecule has 0 unspecified atom stereocenters.